The minimum atomic E-state index is -1.12. The predicted molar refractivity (Wildman–Crippen MR) is 51.6 cm³/mol. The Hall–Kier alpha value is -0.905. The molecule has 0 saturated carbocycles. The Morgan fingerprint density at radius 1 is 1.43 bits per heavy atom. The first-order valence-electron chi connectivity index (χ1n) is 4.33. The molecule has 5 heteroatoms. The topological polar surface area (TPSA) is 49.7 Å². The number of rotatable bonds is 4. The van der Waals surface area contributed by atoms with Gasteiger partial charge in [-0.3, -0.25) is 0 Å². The van der Waals surface area contributed by atoms with Gasteiger partial charge < -0.3 is 14.8 Å². The molecule has 1 atom stereocenters. The van der Waals surface area contributed by atoms with E-state index in [9.17, 15) is 9.41 Å². The van der Waals surface area contributed by atoms with Crippen LogP contribution in [0.15, 0.2) is 24.3 Å². The van der Waals surface area contributed by atoms with Crippen molar-refractivity contribution in [2.45, 2.75) is 13.0 Å². The number of aliphatic hydroxyl groups is 1. The van der Waals surface area contributed by atoms with Gasteiger partial charge in [-0.05, 0) is 24.5 Å². The lowest BCUT2D eigenvalue weighted by Crippen LogP contribution is -2.35. The summed E-state index contributed by atoms with van der Waals surface area (Å²) in [4.78, 5) is 0. The molecule has 76 valence electrons. The molecule has 0 saturated heterocycles. The molecule has 0 aliphatic heterocycles. The average Bonchev–Trinajstić information content (AvgIpc) is 2.15. The summed E-state index contributed by atoms with van der Waals surface area (Å²) in [6, 6.07) is 5.35. The van der Waals surface area contributed by atoms with Crippen molar-refractivity contribution < 1.29 is 19.2 Å². The van der Waals surface area contributed by atoms with Gasteiger partial charge >= 0.3 is 7.12 Å². The second-order valence-electron chi connectivity index (χ2n) is 3.09. The van der Waals surface area contributed by atoms with Gasteiger partial charge in [-0.2, -0.15) is 0 Å². The number of benzene rings is 1. The maximum atomic E-state index is 12.5. The summed E-state index contributed by atoms with van der Waals surface area (Å²) in [5.74, 6) is -0.364. The van der Waals surface area contributed by atoms with E-state index in [0.29, 0.717) is 5.46 Å². The van der Waals surface area contributed by atoms with Gasteiger partial charge in [0, 0.05) is 0 Å². The van der Waals surface area contributed by atoms with Crippen LogP contribution in [0, 0.1) is 5.82 Å². The fourth-order valence-corrected chi connectivity index (χ4v) is 0.954. The fourth-order valence-electron chi connectivity index (χ4n) is 0.954. The van der Waals surface area contributed by atoms with Gasteiger partial charge in [0.05, 0.1) is 12.7 Å². The minimum Gasteiger partial charge on any atom is -0.423 e. The second kappa shape index (κ2) is 5.09. The first kappa shape index (κ1) is 11.2. The van der Waals surface area contributed by atoms with Crippen molar-refractivity contribution in [3.63, 3.8) is 0 Å². The molecule has 0 radical (unpaired) electrons. The van der Waals surface area contributed by atoms with Crippen LogP contribution in [0.25, 0.3) is 0 Å². The van der Waals surface area contributed by atoms with E-state index in [1.807, 2.05) is 0 Å². The van der Waals surface area contributed by atoms with Crippen molar-refractivity contribution in [2.24, 2.45) is 0 Å². The van der Waals surface area contributed by atoms with Crippen LogP contribution in [0.3, 0.4) is 0 Å². The van der Waals surface area contributed by atoms with Crippen LogP contribution in [0.5, 0.6) is 0 Å². The molecule has 0 bridgehead atoms. The van der Waals surface area contributed by atoms with Crippen molar-refractivity contribution in [1.29, 1.82) is 0 Å². The molecule has 0 aliphatic carbocycles. The Balaban J connectivity index is 2.52. The Bertz CT molecular complexity index is 276. The highest BCUT2D eigenvalue weighted by Crippen LogP contribution is 1.95. The minimum absolute atomic E-state index is 0.0402. The zero-order chi connectivity index (χ0) is 10.6. The molecule has 0 aliphatic rings. The molecular weight excluding hydrogens is 186 g/mol. The van der Waals surface area contributed by atoms with Gasteiger partial charge in [0.1, 0.15) is 5.82 Å². The van der Waals surface area contributed by atoms with E-state index >= 15 is 0 Å². The van der Waals surface area contributed by atoms with E-state index in [1.165, 1.54) is 24.3 Å². The molecule has 3 nitrogen and oxygen atoms in total. The van der Waals surface area contributed by atoms with E-state index in [4.69, 9.17) is 9.76 Å². The van der Waals surface area contributed by atoms with Gasteiger partial charge in [0.2, 0.25) is 0 Å². The highest BCUT2D eigenvalue weighted by Gasteiger charge is 2.16. The number of halogens is 1. The Kier molecular flexibility index (Phi) is 4.07. The molecule has 2 N–H and O–H groups in total. The lowest BCUT2D eigenvalue weighted by molar-refractivity contribution is 0.112. The smallest absolute Gasteiger partial charge is 0.423 e. The van der Waals surface area contributed by atoms with Gasteiger partial charge in [0.15, 0.2) is 0 Å². The average molecular weight is 198 g/mol. The zero-order valence-electron chi connectivity index (χ0n) is 7.85. The number of aliphatic hydroxyl groups excluding tert-OH is 1. The van der Waals surface area contributed by atoms with Crippen molar-refractivity contribution in [1.82, 2.24) is 0 Å². The van der Waals surface area contributed by atoms with Crippen molar-refractivity contribution >= 4 is 12.6 Å². The molecule has 0 amide bonds. The highest BCUT2D eigenvalue weighted by atomic mass is 19.1. The largest absolute Gasteiger partial charge is 0.491 e. The summed E-state index contributed by atoms with van der Waals surface area (Å²) in [5.41, 5.74) is 0.465. The number of hydrogen-bond acceptors (Lipinski definition) is 3. The molecule has 1 aromatic carbocycles. The molecule has 1 rings (SSSR count). The summed E-state index contributed by atoms with van der Waals surface area (Å²) in [6.45, 7) is 1.59. The normalized spacial score (nSPS) is 12.6. The SMILES string of the molecule is CC(O)COB(O)c1ccc(F)cc1. The van der Waals surface area contributed by atoms with E-state index in [1.54, 1.807) is 6.92 Å². The van der Waals surface area contributed by atoms with Gasteiger partial charge in [0.25, 0.3) is 0 Å². The molecule has 0 fully saturated rings. The van der Waals surface area contributed by atoms with Crippen molar-refractivity contribution in [3.05, 3.63) is 30.1 Å². The second-order valence-corrected chi connectivity index (χ2v) is 3.09. The maximum Gasteiger partial charge on any atom is 0.491 e. The molecule has 0 aromatic heterocycles. The van der Waals surface area contributed by atoms with E-state index in [-0.39, 0.29) is 12.4 Å². The maximum absolute atomic E-state index is 12.5. The summed E-state index contributed by atoms with van der Waals surface area (Å²) < 4.78 is 17.4. The monoisotopic (exact) mass is 198 g/mol. The third-order valence-electron chi connectivity index (χ3n) is 1.65. The molecular formula is C9H12BFO3. The highest BCUT2D eigenvalue weighted by molar-refractivity contribution is 6.59. The third kappa shape index (κ3) is 3.45. The first-order chi connectivity index (χ1) is 6.59. The van der Waals surface area contributed by atoms with Crippen LogP contribution in [0.1, 0.15) is 6.92 Å². The van der Waals surface area contributed by atoms with Crippen LogP contribution in [0.4, 0.5) is 4.39 Å². The van der Waals surface area contributed by atoms with Crippen LogP contribution in [-0.4, -0.2) is 30.0 Å². The van der Waals surface area contributed by atoms with E-state index < -0.39 is 13.2 Å². The lowest BCUT2D eigenvalue weighted by atomic mass is 9.79. The molecule has 1 unspecified atom stereocenters. The standard InChI is InChI=1S/C9H12BFO3/c1-7(12)6-14-10(13)8-2-4-9(11)5-3-8/h2-5,7,12-13H,6H2,1H3. The molecule has 1 aromatic rings. The fraction of sp³-hybridized carbons (Fsp3) is 0.333. The first-order valence-corrected chi connectivity index (χ1v) is 4.33. The van der Waals surface area contributed by atoms with Crippen molar-refractivity contribution in [2.75, 3.05) is 6.61 Å². The van der Waals surface area contributed by atoms with Gasteiger partial charge in [-0.15, -0.1) is 0 Å². The molecule has 0 heterocycles. The van der Waals surface area contributed by atoms with Crippen LogP contribution < -0.4 is 5.46 Å². The van der Waals surface area contributed by atoms with Crippen molar-refractivity contribution in [3.8, 4) is 0 Å². The number of hydrogen-bond donors (Lipinski definition) is 2. The third-order valence-corrected chi connectivity index (χ3v) is 1.65. The molecule has 0 spiro atoms. The van der Waals surface area contributed by atoms with Crippen LogP contribution >= 0.6 is 0 Å². The zero-order valence-corrected chi connectivity index (χ0v) is 7.85. The van der Waals surface area contributed by atoms with Crippen LogP contribution in [0.2, 0.25) is 0 Å². The predicted octanol–water partition coefficient (Wildman–Crippen LogP) is -0.0894. The quantitative estimate of drug-likeness (QED) is 0.664. The lowest BCUT2D eigenvalue weighted by Gasteiger charge is -2.09. The van der Waals surface area contributed by atoms with Crippen LogP contribution in [-0.2, 0) is 4.65 Å². The van der Waals surface area contributed by atoms with Gasteiger partial charge in [-0.1, -0.05) is 12.1 Å². The summed E-state index contributed by atoms with van der Waals surface area (Å²) >= 11 is 0. The summed E-state index contributed by atoms with van der Waals surface area (Å²) in [7, 11) is -1.12. The van der Waals surface area contributed by atoms with E-state index in [2.05, 4.69) is 0 Å². The van der Waals surface area contributed by atoms with Gasteiger partial charge in [-0.25, -0.2) is 4.39 Å². The summed E-state index contributed by atoms with van der Waals surface area (Å²) in [6.07, 6.45) is -0.634. The molecule has 14 heavy (non-hydrogen) atoms. The van der Waals surface area contributed by atoms with E-state index in [0.717, 1.165) is 0 Å². The Morgan fingerprint density at radius 2 is 2.00 bits per heavy atom. The Morgan fingerprint density at radius 3 is 2.50 bits per heavy atom. The Labute approximate surface area is 82.3 Å². The summed E-state index contributed by atoms with van der Waals surface area (Å²) in [5, 5.41) is 18.3.